The van der Waals surface area contributed by atoms with Gasteiger partial charge in [0.25, 0.3) is 0 Å². The van der Waals surface area contributed by atoms with Crippen LogP contribution in [0.25, 0.3) is 22.0 Å². The standard InChI is InChI=1S/C27H34N4O.C7H8/c1-4-6-21(7-5-2)15-27(32)30-12-10-22(11-13-30)19-31-20(3)14-24-16-23(8-9-26(24)31)25-17-28-29-18-25;1-7-5-3-2-4-6-7/h4,6-9,14,16-18,22H,5,10-13,15,19H2,1-3H3,(H,28,29);2-6H,1H3/b6-4-,21-7+;. The first kappa shape index (κ1) is 28.2. The highest BCUT2D eigenvalue weighted by atomic mass is 16.2. The minimum absolute atomic E-state index is 0.260. The molecule has 1 aliphatic heterocycles. The summed E-state index contributed by atoms with van der Waals surface area (Å²) in [7, 11) is 0. The SMILES string of the molecule is C/C=C\C(=C/CC)CC(=O)N1CCC(Cn2c(C)cc3cc(-c4cn[nH]c4)ccc32)CC1.Cc1ccccc1. The quantitative estimate of drug-likeness (QED) is 0.251. The number of benzene rings is 2. The molecule has 1 amide bonds. The fourth-order valence-electron chi connectivity index (χ4n) is 5.36. The van der Waals surface area contributed by atoms with Gasteiger partial charge in [0, 0.05) is 48.0 Å². The van der Waals surface area contributed by atoms with Crippen molar-refractivity contribution in [2.24, 2.45) is 5.92 Å². The highest BCUT2D eigenvalue weighted by Gasteiger charge is 2.24. The molecule has 0 aliphatic carbocycles. The van der Waals surface area contributed by atoms with Crippen LogP contribution in [0.1, 0.15) is 50.8 Å². The van der Waals surface area contributed by atoms with Crippen LogP contribution in [0, 0.1) is 19.8 Å². The molecule has 39 heavy (non-hydrogen) atoms. The number of H-pyrrole nitrogens is 1. The molecule has 4 aromatic rings. The number of nitrogens with zero attached hydrogens (tertiary/aromatic N) is 3. The number of aromatic nitrogens is 3. The summed E-state index contributed by atoms with van der Waals surface area (Å²) in [5.41, 5.74) is 7.33. The number of allylic oxidation sites excluding steroid dienone is 3. The number of nitrogens with one attached hydrogen (secondary N) is 1. The van der Waals surface area contributed by atoms with Gasteiger partial charge in [-0.3, -0.25) is 9.89 Å². The van der Waals surface area contributed by atoms with Gasteiger partial charge >= 0.3 is 0 Å². The van der Waals surface area contributed by atoms with E-state index >= 15 is 0 Å². The third kappa shape index (κ3) is 7.60. The Labute approximate surface area is 233 Å². The van der Waals surface area contributed by atoms with Gasteiger partial charge in [-0.05, 0) is 75.3 Å². The molecule has 1 fully saturated rings. The van der Waals surface area contributed by atoms with E-state index in [1.165, 1.54) is 27.7 Å². The Hall–Kier alpha value is -3.86. The zero-order chi connectivity index (χ0) is 27.6. The van der Waals surface area contributed by atoms with E-state index in [4.69, 9.17) is 0 Å². The molecule has 5 nitrogen and oxygen atoms in total. The van der Waals surface area contributed by atoms with Crippen LogP contribution in [-0.2, 0) is 11.3 Å². The Morgan fingerprint density at radius 3 is 2.44 bits per heavy atom. The molecule has 0 saturated carbocycles. The zero-order valence-corrected chi connectivity index (χ0v) is 23.9. The smallest absolute Gasteiger partial charge is 0.226 e. The average Bonchev–Trinajstić information content (AvgIpc) is 3.58. The molecule has 1 N–H and O–H groups in total. The highest BCUT2D eigenvalue weighted by molar-refractivity contribution is 5.86. The first-order chi connectivity index (χ1) is 19.0. The zero-order valence-electron chi connectivity index (χ0n) is 23.9. The lowest BCUT2D eigenvalue weighted by Gasteiger charge is -2.33. The molecule has 1 aliphatic rings. The molecular weight excluding hydrogens is 480 g/mol. The summed E-state index contributed by atoms with van der Waals surface area (Å²) >= 11 is 0. The molecule has 1 saturated heterocycles. The van der Waals surface area contributed by atoms with Crippen LogP contribution in [0.3, 0.4) is 0 Å². The maximum absolute atomic E-state index is 12.8. The average molecular weight is 523 g/mol. The van der Waals surface area contributed by atoms with E-state index in [1.54, 1.807) is 0 Å². The summed E-state index contributed by atoms with van der Waals surface area (Å²) in [5, 5.41) is 8.23. The largest absolute Gasteiger partial charge is 0.345 e. The summed E-state index contributed by atoms with van der Waals surface area (Å²) in [5.74, 6) is 0.860. The molecule has 204 valence electrons. The van der Waals surface area contributed by atoms with E-state index in [2.05, 4.69) is 89.0 Å². The number of rotatable bonds is 7. The summed E-state index contributed by atoms with van der Waals surface area (Å²) in [6, 6.07) is 19.2. The Bertz CT molecular complexity index is 1390. The van der Waals surface area contributed by atoms with E-state index in [0.29, 0.717) is 12.3 Å². The van der Waals surface area contributed by atoms with E-state index < -0.39 is 0 Å². The van der Waals surface area contributed by atoms with Crippen LogP contribution >= 0.6 is 0 Å². The third-order valence-electron chi connectivity index (χ3n) is 7.49. The van der Waals surface area contributed by atoms with Crippen LogP contribution in [0.2, 0.25) is 0 Å². The number of piperidine rings is 1. The fraction of sp³-hybridized carbons (Fsp3) is 0.353. The Morgan fingerprint density at radius 2 is 1.82 bits per heavy atom. The molecule has 0 radical (unpaired) electrons. The molecule has 5 heteroatoms. The first-order valence-corrected chi connectivity index (χ1v) is 14.2. The summed E-state index contributed by atoms with van der Waals surface area (Å²) in [6.45, 7) is 11.1. The fourth-order valence-corrected chi connectivity index (χ4v) is 5.36. The van der Waals surface area contributed by atoms with Crippen molar-refractivity contribution in [3.05, 3.63) is 102 Å². The van der Waals surface area contributed by atoms with Crippen LogP contribution in [0.4, 0.5) is 0 Å². The van der Waals surface area contributed by atoms with Crippen molar-refractivity contribution in [1.29, 1.82) is 0 Å². The van der Waals surface area contributed by atoms with Gasteiger partial charge < -0.3 is 9.47 Å². The van der Waals surface area contributed by atoms with E-state index in [0.717, 1.165) is 50.0 Å². The second-order valence-corrected chi connectivity index (χ2v) is 10.5. The normalized spacial score (nSPS) is 14.6. The summed E-state index contributed by atoms with van der Waals surface area (Å²) < 4.78 is 2.45. The summed E-state index contributed by atoms with van der Waals surface area (Å²) in [4.78, 5) is 14.8. The van der Waals surface area contributed by atoms with Crippen molar-refractivity contribution in [2.75, 3.05) is 13.1 Å². The van der Waals surface area contributed by atoms with Crippen LogP contribution in [0.15, 0.2) is 90.8 Å². The topological polar surface area (TPSA) is 53.9 Å². The van der Waals surface area contributed by atoms with E-state index in [1.807, 2.05) is 43.6 Å². The predicted molar refractivity (Wildman–Crippen MR) is 163 cm³/mol. The molecule has 5 rings (SSSR count). The van der Waals surface area contributed by atoms with Crippen molar-refractivity contribution >= 4 is 16.8 Å². The number of fused-ring (bicyclic) bond motifs is 1. The summed E-state index contributed by atoms with van der Waals surface area (Å²) in [6.07, 6.45) is 13.6. The lowest BCUT2D eigenvalue weighted by molar-refractivity contribution is -0.131. The van der Waals surface area contributed by atoms with Gasteiger partial charge in [0.15, 0.2) is 0 Å². The van der Waals surface area contributed by atoms with Crippen molar-refractivity contribution in [3.63, 3.8) is 0 Å². The van der Waals surface area contributed by atoms with Crippen molar-refractivity contribution in [3.8, 4) is 11.1 Å². The van der Waals surface area contributed by atoms with Crippen LogP contribution < -0.4 is 0 Å². The number of carbonyl (C=O) groups is 1. The van der Waals surface area contributed by atoms with Gasteiger partial charge in [0.1, 0.15) is 0 Å². The predicted octanol–water partition coefficient (Wildman–Crippen LogP) is 7.88. The first-order valence-electron chi connectivity index (χ1n) is 14.2. The number of aromatic amines is 1. The maximum Gasteiger partial charge on any atom is 0.226 e. The third-order valence-corrected chi connectivity index (χ3v) is 7.49. The second-order valence-electron chi connectivity index (χ2n) is 10.5. The Morgan fingerprint density at radius 1 is 1.05 bits per heavy atom. The highest BCUT2D eigenvalue weighted by Crippen LogP contribution is 2.29. The number of hydrogen-bond donors (Lipinski definition) is 1. The lowest BCUT2D eigenvalue weighted by atomic mass is 9.96. The van der Waals surface area contributed by atoms with Gasteiger partial charge in [-0.15, -0.1) is 0 Å². The minimum Gasteiger partial charge on any atom is -0.345 e. The van der Waals surface area contributed by atoms with Gasteiger partial charge in [0.05, 0.1) is 12.6 Å². The van der Waals surface area contributed by atoms with Gasteiger partial charge in [-0.25, -0.2) is 0 Å². The molecule has 0 unspecified atom stereocenters. The number of amides is 1. The minimum atomic E-state index is 0.260. The van der Waals surface area contributed by atoms with Crippen molar-refractivity contribution < 1.29 is 4.79 Å². The second kappa shape index (κ2) is 13.8. The number of aryl methyl sites for hydroxylation is 2. The monoisotopic (exact) mass is 522 g/mol. The van der Waals surface area contributed by atoms with Crippen molar-refractivity contribution in [2.45, 2.75) is 59.9 Å². The molecule has 0 bridgehead atoms. The molecular formula is C34H42N4O. The van der Waals surface area contributed by atoms with Crippen LogP contribution in [-0.4, -0.2) is 38.7 Å². The lowest BCUT2D eigenvalue weighted by Crippen LogP contribution is -2.39. The van der Waals surface area contributed by atoms with Crippen LogP contribution in [0.5, 0.6) is 0 Å². The number of carbonyl (C=O) groups excluding carboxylic acids is 1. The maximum atomic E-state index is 12.8. The Balaban J connectivity index is 0.000000438. The molecule has 2 aromatic heterocycles. The number of likely N-dealkylation sites (tertiary alicyclic amines) is 1. The number of hydrogen-bond acceptors (Lipinski definition) is 2. The molecule has 3 heterocycles. The van der Waals surface area contributed by atoms with E-state index in [-0.39, 0.29) is 5.91 Å². The van der Waals surface area contributed by atoms with Crippen molar-refractivity contribution in [1.82, 2.24) is 19.7 Å². The Kier molecular flexibility index (Phi) is 9.96. The van der Waals surface area contributed by atoms with Gasteiger partial charge in [0.2, 0.25) is 5.91 Å². The molecule has 2 aromatic carbocycles. The van der Waals surface area contributed by atoms with Gasteiger partial charge in [-0.1, -0.05) is 67.1 Å². The van der Waals surface area contributed by atoms with E-state index in [9.17, 15) is 4.79 Å². The molecule has 0 spiro atoms. The molecule has 0 atom stereocenters. The van der Waals surface area contributed by atoms with Gasteiger partial charge in [-0.2, -0.15) is 5.10 Å².